The first kappa shape index (κ1) is 25.1. The maximum atomic E-state index is 12.9. The van der Waals surface area contributed by atoms with Crippen molar-refractivity contribution in [2.24, 2.45) is 0 Å². The molecule has 2 aliphatic rings. The minimum absolute atomic E-state index is 0.332. The molecule has 0 amide bonds. The van der Waals surface area contributed by atoms with Gasteiger partial charge in [-0.1, -0.05) is 38.0 Å². The van der Waals surface area contributed by atoms with Gasteiger partial charge in [-0.05, 0) is 61.6 Å². The highest BCUT2D eigenvalue weighted by molar-refractivity contribution is 5.26. The Labute approximate surface area is 201 Å². The van der Waals surface area contributed by atoms with E-state index in [1.165, 1.54) is 49.1 Å². The first-order chi connectivity index (χ1) is 16.4. The predicted molar refractivity (Wildman–Crippen MR) is 130 cm³/mol. The normalized spacial score (nSPS) is 21.6. The molecule has 0 saturated carbocycles. The number of alkyl halides is 3. The van der Waals surface area contributed by atoms with Crippen LogP contribution in [0, 0.1) is 0 Å². The Balaban J connectivity index is 1.40. The van der Waals surface area contributed by atoms with Crippen LogP contribution in [0.3, 0.4) is 0 Å². The van der Waals surface area contributed by atoms with Gasteiger partial charge in [0.25, 0.3) is 0 Å². The number of aromatic nitrogens is 1. The van der Waals surface area contributed by atoms with Crippen LogP contribution in [0.25, 0.3) is 0 Å². The topological polar surface area (TPSA) is 31.4 Å². The molecular formula is C27H37F3N4. The largest absolute Gasteiger partial charge is 0.416 e. The van der Waals surface area contributed by atoms with Crippen molar-refractivity contribution in [3.8, 4) is 0 Å². The second-order valence-electron chi connectivity index (χ2n) is 9.74. The third-order valence-electron chi connectivity index (χ3n) is 7.14. The van der Waals surface area contributed by atoms with Crippen molar-refractivity contribution >= 4 is 0 Å². The Morgan fingerprint density at radius 1 is 1.15 bits per heavy atom. The summed E-state index contributed by atoms with van der Waals surface area (Å²) in [6.45, 7) is 7.66. The number of hydrogen-bond acceptors (Lipinski definition) is 4. The lowest BCUT2D eigenvalue weighted by atomic mass is 9.90. The molecule has 1 aromatic heterocycles. The Morgan fingerprint density at radius 3 is 2.74 bits per heavy atom. The molecule has 0 radical (unpaired) electrons. The molecule has 1 N–H and O–H groups in total. The molecule has 34 heavy (non-hydrogen) atoms. The molecule has 7 heteroatoms. The lowest BCUT2D eigenvalue weighted by Gasteiger charge is -2.40. The number of piperazine rings is 1. The third kappa shape index (κ3) is 6.58. The molecule has 2 aromatic rings. The summed E-state index contributed by atoms with van der Waals surface area (Å²) >= 11 is 0. The predicted octanol–water partition coefficient (Wildman–Crippen LogP) is 5.44. The molecule has 0 bridgehead atoms. The third-order valence-corrected chi connectivity index (χ3v) is 7.14. The summed E-state index contributed by atoms with van der Waals surface area (Å²) < 4.78 is 38.6. The van der Waals surface area contributed by atoms with Gasteiger partial charge in [0.15, 0.2) is 0 Å². The SMILES string of the molecule is CCCCCN(C[C@@H]1CN(Cc2ccc(C(F)(F)F)cc2)CCN1)[C@H]1CCCc2cccnc21. The van der Waals surface area contributed by atoms with Gasteiger partial charge in [0.05, 0.1) is 17.3 Å². The van der Waals surface area contributed by atoms with Gasteiger partial charge in [-0.3, -0.25) is 14.8 Å². The van der Waals surface area contributed by atoms with Crippen LogP contribution in [0.2, 0.25) is 0 Å². The van der Waals surface area contributed by atoms with Crippen LogP contribution in [0.4, 0.5) is 13.2 Å². The Hall–Kier alpha value is -1.96. The summed E-state index contributed by atoms with van der Waals surface area (Å²) in [4.78, 5) is 9.79. The summed E-state index contributed by atoms with van der Waals surface area (Å²) in [6, 6.07) is 10.6. The number of benzene rings is 1. The number of rotatable bonds is 9. The number of halogens is 3. The van der Waals surface area contributed by atoms with Crippen LogP contribution >= 0.6 is 0 Å². The van der Waals surface area contributed by atoms with E-state index in [0.717, 1.165) is 51.1 Å². The fraction of sp³-hybridized carbons (Fsp3) is 0.593. The van der Waals surface area contributed by atoms with Crippen molar-refractivity contribution in [1.82, 2.24) is 20.1 Å². The van der Waals surface area contributed by atoms with Crippen molar-refractivity contribution in [2.75, 3.05) is 32.7 Å². The first-order valence-corrected chi connectivity index (χ1v) is 12.7. The van der Waals surface area contributed by atoms with Crippen LogP contribution in [-0.2, 0) is 19.1 Å². The number of unbranched alkanes of at least 4 members (excludes halogenated alkanes) is 2. The molecule has 1 aliphatic heterocycles. The van der Waals surface area contributed by atoms with Gasteiger partial charge in [0, 0.05) is 45.0 Å². The van der Waals surface area contributed by atoms with Crippen molar-refractivity contribution in [3.05, 3.63) is 65.0 Å². The van der Waals surface area contributed by atoms with E-state index >= 15 is 0 Å². The van der Waals surface area contributed by atoms with E-state index in [1.807, 2.05) is 12.3 Å². The van der Waals surface area contributed by atoms with E-state index in [9.17, 15) is 13.2 Å². The highest BCUT2D eigenvalue weighted by Gasteiger charge is 2.31. The van der Waals surface area contributed by atoms with Crippen LogP contribution in [0.5, 0.6) is 0 Å². The highest BCUT2D eigenvalue weighted by atomic mass is 19.4. The molecule has 0 unspecified atom stereocenters. The first-order valence-electron chi connectivity index (χ1n) is 12.7. The van der Waals surface area contributed by atoms with E-state index in [1.54, 1.807) is 12.1 Å². The van der Waals surface area contributed by atoms with Crippen molar-refractivity contribution < 1.29 is 13.2 Å². The monoisotopic (exact) mass is 474 g/mol. The number of nitrogens with zero attached hydrogens (tertiary/aromatic N) is 3. The Kier molecular flexibility index (Phi) is 8.61. The zero-order valence-electron chi connectivity index (χ0n) is 20.2. The molecule has 1 aliphatic carbocycles. The van der Waals surface area contributed by atoms with Gasteiger partial charge in [-0.2, -0.15) is 13.2 Å². The van der Waals surface area contributed by atoms with Crippen LogP contribution in [-0.4, -0.2) is 53.5 Å². The molecule has 0 spiro atoms. The molecule has 1 aromatic carbocycles. The lowest BCUT2D eigenvalue weighted by molar-refractivity contribution is -0.137. The number of aryl methyl sites for hydroxylation is 1. The number of hydrogen-bond donors (Lipinski definition) is 1. The molecule has 2 atom stereocenters. The van der Waals surface area contributed by atoms with E-state index < -0.39 is 11.7 Å². The molecule has 1 saturated heterocycles. The van der Waals surface area contributed by atoms with Crippen LogP contribution in [0.15, 0.2) is 42.6 Å². The zero-order chi connectivity index (χ0) is 24.0. The fourth-order valence-corrected chi connectivity index (χ4v) is 5.38. The summed E-state index contributed by atoms with van der Waals surface area (Å²) in [7, 11) is 0. The lowest BCUT2D eigenvalue weighted by Crippen LogP contribution is -2.55. The van der Waals surface area contributed by atoms with E-state index in [0.29, 0.717) is 18.6 Å². The summed E-state index contributed by atoms with van der Waals surface area (Å²) in [5, 5.41) is 3.70. The quantitative estimate of drug-likeness (QED) is 0.490. The number of pyridine rings is 1. The van der Waals surface area contributed by atoms with E-state index in [-0.39, 0.29) is 0 Å². The van der Waals surface area contributed by atoms with Crippen LogP contribution < -0.4 is 5.32 Å². The average molecular weight is 475 g/mol. The minimum Gasteiger partial charge on any atom is -0.310 e. The number of fused-ring (bicyclic) bond motifs is 1. The Bertz CT molecular complexity index is 899. The summed E-state index contributed by atoms with van der Waals surface area (Å²) in [5.41, 5.74) is 2.99. The molecule has 2 heterocycles. The maximum Gasteiger partial charge on any atom is 0.416 e. The zero-order valence-corrected chi connectivity index (χ0v) is 20.2. The molecule has 4 nitrogen and oxygen atoms in total. The standard InChI is InChI=1S/C27H37F3N4/c1-2-3-4-16-34(25-9-5-7-22-8-6-14-32-26(22)25)20-24-19-33(17-15-31-24)18-21-10-12-23(13-11-21)27(28,29)30/h6,8,10-14,24-25,31H,2-5,7,9,15-20H2,1H3/t24-,25-/m0/s1. The fourth-order valence-electron chi connectivity index (χ4n) is 5.38. The maximum absolute atomic E-state index is 12.9. The van der Waals surface area contributed by atoms with Crippen LogP contribution in [0.1, 0.15) is 67.5 Å². The molecular weight excluding hydrogens is 437 g/mol. The average Bonchev–Trinajstić information content (AvgIpc) is 2.83. The van der Waals surface area contributed by atoms with Gasteiger partial charge in [0.2, 0.25) is 0 Å². The van der Waals surface area contributed by atoms with Gasteiger partial charge >= 0.3 is 6.18 Å². The van der Waals surface area contributed by atoms with Gasteiger partial charge in [-0.25, -0.2) is 0 Å². The second-order valence-corrected chi connectivity index (χ2v) is 9.74. The molecule has 1 fully saturated rings. The van der Waals surface area contributed by atoms with Crippen molar-refractivity contribution in [2.45, 2.75) is 70.3 Å². The second kappa shape index (κ2) is 11.6. The molecule has 4 rings (SSSR count). The minimum atomic E-state index is -4.29. The molecule has 186 valence electrons. The highest BCUT2D eigenvalue weighted by Crippen LogP contribution is 2.33. The van der Waals surface area contributed by atoms with Crippen molar-refractivity contribution in [1.29, 1.82) is 0 Å². The van der Waals surface area contributed by atoms with Gasteiger partial charge in [0.1, 0.15) is 0 Å². The van der Waals surface area contributed by atoms with E-state index in [4.69, 9.17) is 4.98 Å². The van der Waals surface area contributed by atoms with E-state index in [2.05, 4.69) is 28.1 Å². The Morgan fingerprint density at radius 2 is 1.97 bits per heavy atom. The smallest absolute Gasteiger partial charge is 0.310 e. The summed E-state index contributed by atoms with van der Waals surface area (Å²) in [6.07, 6.45) is 4.73. The summed E-state index contributed by atoms with van der Waals surface area (Å²) in [5.74, 6) is 0. The van der Waals surface area contributed by atoms with Gasteiger partial charge in [-0.15, -0.1) is 0 Å². The van der Waals surface area contributed by atoms with Crippen molar-refractivity contribution in [3.63, 3.8) is 0 Å². The number of nitrogens with one attached hydrogen (secondary N) is 1. The van der Waals surface area contributed by atoms with Gasteiger partial charge < -0.3 is 5.32 Å².